The Morgan fingerprint density at radius 3 is 2.29 bits per heavy atom. The largest absolute Gasteiger partial charge is 0.313 e. The molecule has 1 atom stereocenters. The Labute approximate surface area is 132 Å². The monoisotopic (exact) mass is 295 g/mol. The van der Waals surface area contributed by atoms with E-state index in [0.29, 0.717) is 6.04 Å². The highest BCUT2D eigenvalue weighted by Crippen LogP contribution is 2.21. The van der Waals surface area contributed by atoms with Crippen molar-refractivity contribution in [3.63, 3.8) is 0 Å². The summed E-state index contributed by atoms with van der Waals surface area (Å²) in [4.78, 5) is 5.41. The molecule has 2 heterocycles. The van der Waals surface area contributed by atoms with Crippen LogP contribution in [-0.4, -0.2) is 61.7 Å². The maximum atomic E-state index is 3.74. The topological polar surface area (TPSA) is 18.5 Å². The third-order valence-corrected chi connectivity index (χ3v) is 5.22. The molecule has 2 saturated heterocycles. The summed E-state index contributed by atoms with van der Waals surface area (Å²) in [6.45, 7) is 13.8. The van der Waals surface area contributed by atoms with Crippen molar-refractivity contribution >= 4 is 0 Å². The van der Waals surface area contributed by atoms with Crippen molar-refractivity contribution in [3.05, 3.63) is 0 Å². The summed E-state index contributed by atoms with van der Waals surface area (Å²) in [6, 6.07) is 0.713. The molecule has 2 aliphatic heterocycles. The van der Waals surface area contributed by atoms with Crippen molar-refractivity contribution in [2.75, 3.05) is 45.8 Å². The molecule has 0 aliphatic carbocycles. The van der Waals surface area contributed by atoms with Gasteiger partial charge in [-0.25, -0.2) is 0 Å². The van der Waals surface area contributed by atoms with Gasteiger partial charge in [0.05, 0.1) is 0 Å². The van der Waals surface area contributed by atoms with E-state index in [4.69, 9.17) is 0 Å². The Bertz CT molecular complexity index is 255. The molecule has 0 radical (unpaired) electrons. The molecule has 21 heavy (non-hydrogen) atoms. The first kappa shape index (κ1) is 17.2. The molecule has 0 aromatic carbocycles. The average Bonchev–Trinajstić information content (AvgIpc) is 3.00. The maximum absolute atomic E-state index is 3.74. The summed E-state index contributed by atoms with van der Waals surface area (Å²) < 4.78 is 0. The summed E-state index contributed by atoms with van der Waals surface area (Å²) in [5.74, 6) is 0.965. The number of nitrogens with zero attached hydrogens (tertiary/aromatic N) is 2. The molecule has 124 valence electrons. The fourth-order valence-electron chi connectivity index (χ4n) is 3.95. The van der Waals surface area contributed by atoms with E-state index in [1.165, 1.54) is 90.8 Å². The van der Waals surface area contributed by atoms with Crippen LogP contribution >= 0.6 is 0 Å². The second kappa shape index (κ2) is 9.81. The molecule has 0 saturated carbocycles. The Kier molecular flexibility index (Phi) is 8.05. The van der Waals surface area contributed by atoms with E-state index in [-0.39, 0.29) is 0 Å². The van der Waals surface area contributed by atoms with Crippen molar-refractivity contribution in [2.45, 2.75) is 64.8 Å². The normalized spacial score (nSPS) is 23.7. The summed E-state index contributed by atoms with van der Waals surface area (Å²) in [5, 5.41) is 3.74. The zero-order chi connectivity index (χ0) is 14.9. The zero-order valence-electron chi connectivity index (χ0n) is 14.4. The van der Waals surface area contributed by atoms with Crippen LogP contribution in [0.3, 0.4) is 0 Å². The Hall–Kier alpha value is -0.120. The summed E-state index contributed by atoms with van der Waals surface area (Å²) in [5.41, 5.74) is 0. The van der Waals surface area contributed by atoms with Crippen LogP contribution < -0.4 is 5.32 Å². The van der Waals surface area contributed by atoms with E-state index >= 15 is 0 Å². The Morgan fingerprint density at radius 1 is 0.952 bits per heavy atom. The molecule has 0 aromatic rings. The van der Waals surface area contributed by atoms with Crippen LogP contribution in [0.5, 0.6) is 0 Å². The molecule has 2 rings (SSSR count). The van der Waals surface area contributed by atoms with Gasteiger partial charge in [0, 0.05) is 19.1 Å². The van der Waals surface area contributed by atoms with Gasteiger partial charge in [0.25, 0.3) is 0 Å². The number of likely N-dealkylation sites (tertiary alicyclic amines) is 2. The van der Waals surface area contributed by atoms with E-state index in [9.17, 15) is 0 Å². The SMILES string of the molecule is CCCNC(CCC)CN1CCC(CN2CCCC2)CC1. The lowest BCUT2D eigenvalue weighted by Gasteiger charge is -2.36. The molecule has 3 nitrogen and oxygen atoms in total. The standard InChI is InChI=1S/C18H37N3/c1-3-7-18(19-10-4-2)16-21-13-8-17(9-14-21)15-20-11-5-6-12-20/h17-19H,3-16H2,1-2H3. The molecular weight excluding hydrogens is 258 g/mol. The summed E-state index contributed by atoms with van der Waals surface area (Å²) >= 11 is 0. The van der Waals surface area contributed by atoms with Gasteiger partial charge < -0.3 is 15.1 Å². The predicted molar refractivity (Wildman–Crippen MR) is 91.8 cm³/mol. The minimum absolute atomic E-state index is 0.713. The molecule has 1 unspecified atom stereocenters. The lowest BCUT2D eigenvalue weighted by Crippen LogP contribution is -2.45. The van der Waals surface area contributed by atoms with E-state index < -0.39 is 0 Å². The van der Waals surface area contributed by atoms with Gasteiger partial charge in [-0.15, -0.1) is 0 Å². The van der Waals surface area contributed by atoms with Gasteiger partial charge in [-0.3, -0.25) is 0 Å². The molecule has 0 spiro atoms. The Balaban J connectivity index is 1.64. The smallest absolute Gasteiger partial charge is 0.0194 e. The van der Waals surface area contributed by atoms with Crippen molar-refractivity contribution in [1.82, 2.24) is 15.1 Å². The highest BCUT2D eigenvalue weighted by molar-refractivity contribution is 4.80. The number of hydrogen-bond donors (Lipinski definition) is 1. The number of nitrogens with one attached hydrogen (secondary N) is 1. The summed E-state index contributed by atoms with van der Waals surface area (Å²) in [6.07, 6.45) is 9.58. The minimum Gasteiger partial charge on any atom is -0.313 e. The first-order valence-electron chi connectivity index (χ1n) is 9.50. The lowest BCUT2D eigenvalue weighted by atomic mass is 9.95. The number of rotatable bonds is 9. The maximum Gasteiger partial charge on any atom is 0.0194 e. The first-order chi connectivity index (χ1) is 10.3. The van der Waals surface area contributed by atoms with Crippen LogP contribution in [0, 0.1) is 5.92 Å². The van der Waals surface area contributed by atoms with Gasteiger partial charge in [0.2, 0.25) is 0 Å². The van der Waals surface area contributed by atoms with Crippen LogP contribution in [0.25, 0.3) is 0 Å². The van der Waals surface area contributed by atoms with Gasteiger partial charge in [-0.05, 0) is 77.2 Å². The van der Waals surface area contributed by atoms with Gasteiger partial charge in [0.15, 0.2) is 0 Å². The van der Waals surface area contributed by atoms with Crippen LogP contribution in [0.2, 0.25) is 0 Å². The van der Waals surface area contributed by atoms with E-state index in [0.717, 1.165) is 5.92 Å². The van der Waals surface area contributed by atoms with Crippen molar-refractivity contribution in [1.29, 1.82) is 0 Å². The van der Waals surface area contributed by atoms with Crippen molar-refractivity contribution in [3.8, 4) is 0 Å². The fraction of sp³-hybridized carbons (Fsp3) is 1.00. The van der Waals surface area contributed by atoms with E-state index in [2.05, 4.69) is 29.0 Å². The minimum atomic E-state index is 0.713. The molecule has 0 amide bonds. The molecule has 3 heteroatoms. The van der Waals surface area contributed by atoms with Crippen LogP contribution in [-0.2, 0) is 0 Å². The second-order valence-corrected chi connectivity index (χ2v) is 7.19. The molecule has 0 aromatic heterocycles. The third kappa shape index (κ3) is 6.25. The van der Waals surface area contributed by atoms with Gasteiger partial charge in [0.1, 0.15) is 0 Å². The van der Waals surface area contributed by atoms with Crippen LogP contribution in [0.15, 0.2) is 0 Å². The number of hydrogen-bond acceptors (Lipinski definition) is 3. The predicted octanol–water partition coefficient (Wildman–Crippen LogP) is 2.96. The molecule has 0 bridgehead atoms. The lowest BCUT2D eigenvalue weighted by molar-refractivity contribution is 0.141. The van der Waals surface area contributed by atoms with Crippen molar-refractivity contribution in [2.24, 2.45) is 5.92 Å². The third-order valence-electron chi connectivity index (χ3n) is 5.22. The van der Waals surface area contributed by atoms with Gasteiger partial charge >= 0.3 is 0 Å². The summed E-state index contributed by atoms with van der Waals surface area (Å²) in [7, 11) is 0. The second-order valence-electron chi connectivity index (χ2n) is 7.19. The highest BCUT2D eigenvalue weighted by Gasteiger charge is 2.23. The molecule has 2 fully saturated rings. The van der Waals surface area contributed by atoms with Gasteiger partial charge in [-0.2, -0.15) is 0 Å². The quantitative estimate of drug-likeness (QED) is 0.705. The zero-order valence-corrected chi connectivity index (χ0v) is 14.4. The van der Waals surface area contributed by atoms with Gasteiger partial charge in [-0.1, -0.05) is 20.3 Å². The molecule has 2 aliphatic rings. The Morgan fingerprint density at radius 2 is 1.67 bits per heavy atom. The van der Waals surface area contributed by atoms with E-state index in [1.54, 1.807) is 0 Å². The first-order valence-corrected chi connectivity index (χ1v) is 9.50. The highest BCUT2D eigenvalue weighted by atomic mass is 15.2. The van der Waals surface area contributed by atoms with Crippen LogP contribution in [0.4, 0.5) is 0 Å². The van der Waals surface area contributed by atoms with Crippen molar-refractivity contribution < 1.29 is 0 Å². The molecule has 1 N–H and O–H groups in total. The van der Waals surface area contributed by atoms with E-state index in [1.807, 2.05) is 0 Å². The molecular formula is C18H37N3. The fourth-order valence-corrected chi connectivity index (χ4v) is 3.95. The van der Waals surface area contributed by atoms with Crippen LogP contribution in [0.1, 0.15) is 58.8 Å². The average molecular weight is 296 g/mol. The number of piperidine rings is 1.